The molecule has 4 nitrogen and oxygen atoms in total. The highest BCUT2D eigenvalue weighted by Crippen LogP contribution is 2.37. The highest BCUT2D eigenvalue weighted by atomic mass is 16.5. The zero-order chi connectivity index (χ0) is 18.6. The van der Waals surface area contributed by atoms with Crippen LogP contribution in [0.2, 0.25) is 0 Å². The number of nitrogens with one attached hydrogen (secondary N) is 1. The molecular weight excluding hydrogens is 322 g/mol. The highest BCUT2D eigenvalue weighted by Gasteiger charge is 2.35. The summed E-state index contributed by atoms with van der Waals surface area (Å²) >= 11 is 0. The molecule has 1 aliphatic rings. The number of nitrogens with zero attached hydrogens (tertiary/aromatic N) is 1. The van der Waals surface area contributed by atoms with E-state index in [0.29, 0.717) is 12.5 Å². The van der Waals surface area contributed by atoms with E-state index in [1.165, 1.54) is 22.3 Å². The van der Waals surface area contributed by atoms with Crippen LogP contribution in [0.5, 0.6) is 0 Å². The number of hydrogen-bond acceptors (Lipinski definition) is 2. The van der Waals surface area contributed by atoms with Gasteiger partial charge in [0.05, 0.1) is 6.54 Å². The van der Waals surface area contributed by atoms with Crippen molar-refractivity contribution >= 4 is 11.6 Å². The van der Waals surface area contributed by atoms with E-state index in [1.54, 1.807) is 0 Å². The summed E-state index contributed by atoms with van der Waals surface area (Å²) in [5.41, 5.74) is 12.4. The van der Waals surface area contributed by atoms with Gasteiger partial charge in [0.25, 0.3) is 0 Å². The lowest BCUT2D eigenvalue weighted by Crippen LogP contribution is -2.38. The molecule has 2 aromatic rings. The van der Waals surface area contributed by atoms with Gasteiger partial charge in [-0.25, -0.2) is 0 Å². The summed E-state index contributed by atoms with van der Waals surface area (Å²) in [4.78, 5) is 4.71. The van der Waals surface area contributed by atoms with E-state index in [2.05, 4.69) is 62.5 Å². The van der Waals surface area contributed by atoms with E-state index >= 15 is 0 Å². The molecule has 0 radical (unpaired) electrons. The summed E-state index contributed by atoms with van der Waals surface area (Å²) in [6, 6.07) is 14.8. The van der Waals surface area contributed by atoms with Crippen molar-refractivity contribution in [2.75, 3.05) is 25.1 Å². The minimum Gasteiger partial charge on any atom is -0.381 e. The van der Waals surface area contributed by atoms with Crippen molar-refractivity contribution in [1.29, 1.82) is 0 Å². The molecule has 2 aromatic carbocycles. The Morgan fingerprint density at radius 1 is 1.04 bits per heavy atom. The van der Waals surface area contributed by atoms with Crippen LogP contribution in [0.3, 0.4) is 0 Å². The third-order valence-electron chi connectivity index (χ3n) is 5.50. The number of rotatable bonds is 4. The van der Waals surface area contributed by atoms with Gasteiger partial charge >= 0.3 is 0 Å². The smallest absolute Gasteiger partial charge is 0.193 e. The van der Waals surface area contributed by atoms with Crippen molar-refractivity contribution in [3.63, 3.8) is 0 Å². The largest absolute Gasteiger partial charge is 0.381 e. The maximum atomic E-state index is 6.19. The Morgan fingerprint density at radius 2 is 1.77 bits per heavy atom. The van der Waals surface area contributed by atoms with Gasteiger partial charge in [0.2, 0.25) is 0 Å². The van der Waals surface area contributed by atoms with Crippen LogP contribution in [-0.4, -0.2) is 25.7 Å². The number of anilines is 1. The Balaban J connectivity index is 1.79. The molecule has 0 bridgehead atoms. The number of hydrogen-bond donors (Lipinski definition) is 2. The molecular formula is C22H29N3O. The molecule has 0 saturated carbocycles. The maximum absolute atomic E-state index is 6.19. The Bertz CT molecular complexity index is 792. The molecule has 0 amide bonds. The van der Waals surface area contributed by atoms with Crippen LogP contribution in [0, 0.1) is 20.8 Å². The van der Waals surface area contributed by atoms with E-state index in [1.807, 2.05) is 6.07 Å². The summed E-state index contributed by atoms with van der Waals surface area (Å²) in [6.45, 7) is 8.59. The van der Waals surface area contributed by atoms with Gasteiger partial charge < -0.3 is 15.8 Å². The fourth-order valence-electron chi connectivity index (χ4n) is 3.69. The number of aryl methyl sites for hydroxylation is 3. The van der Waals surface area contributed by atoms with Crippen molar-refractivity contribution in [1.82, 2.24) is 0 Å². The summed E-state index contributed by atoms with van der Waals surface area (Å²) in [5.74, 6) is 0.465. The van der Waals surface area contributed by atoms with E-state index in [9.17, 15) is 0 Å². The molecule has 1 aliphatic heterocycles. The van der Waals surface area contributed by atoms with Crippen LogP contribution in [0.25, 0.3) is 0 Å². The third kappa shape index (κ3) is 4.07. The van der Waals surface area contributed by atoms with Crippen LogP contribution in [-0.2, 0) is 10.2 Å². The highest BCUT2D eigenvalue weighted by molar-refractivity contribution is 5.92. The van der Waals surface area contributed by atoms with Gasteiger partial charge in [0.1, 0.15) is 0 Å². The second-order valence-corrected chi connectivity index (χ2v) is 7.33. The number of benzene rings is 2. The minimum atomic E-state index is -0.000907. The Hall–Kier alpha value is -2.33. The summed E-state index contributed by atoms with van der Waals surface area (Å²) in [5, 5.41) is 3.23. The predicted octanol–water partition coefficient (Wildman–Crippen LogP) is 4.09. The SMILES string of the molecule is Cc1ccc(NC(N)=NCC2(c3ccccc3C)CCOCC2)cc1C. The van der Waals surface area contributed by atoms with Crippen molar-refractivity contribution in [2.24, 2.45) is 10.7 Å². The van der Waals surface area contributed by atoms with Gasteiger partial charge in [-0.05, 0) is 68.0 Å². The quantitative estimate of drug-likeness (QED) is 0.644. The van der Waals surface area contributed by atoms with Gasteiger partial charge in [-0.1, -0.05) is 30.3 Å². The number of guanidine groups is 1. The minimum absolute atomic E-state index is 0.000907. The van der Waals surface area contributed by atoms with Gasteiger partial charge in [-0.3, -0.25) is 4.99 Å². The summed E-state index contributed by atoms with van der Waals surface area (Å²) < 4.78 is 5.62. The van der Waals surface area contributed by atoms with E-state index in [4.69, 9.17) is 15.5 Å². The molecule has 26 heavy (non-hydrogen) atoms. The number of ether oxygens (including phenoxy) is 1. The van der Waals surface area contributed by atoms with Crippen LogP contribution in [0.15, 0.2) is 47.5 Å². The molecule has 0 unspecified atom stereocenters. The molecule has 0 aliphatic carbocycles. The van der Waals surface area contributed by atoms with Crippen LogP contribution in [0.4, 0.5) is 5.69 Å². The Kier molecular flexibility index (Phi) is 5.62. The van der Waals surface area contributed by atoms with Crippen LogP contribution < -0.4 is 11.1 Å². The molecule has 0 aromatic heterocycles. The maximum Gasteiger partial charge on any atom is 0.193 e. The molecule has 1 heterocycles. The van der Waals surface area contributed by atoms with Crippen molar-refractivity contribution in [3.8, 4) is 0 Å². The zero-order valence-electron chi connectivity index (χ0n) is 16.0. The van der Waals surface area contributed by atoms with Crippen molar-refractivity contribution < 1.29 is 4.74 Å². The fourth-order valence-corrected chi connectivity index (χ4v) is 3.69. The van der Waals surface area contributed by atoms with E-state index < -0.39 is 0 Å². The lowest BCUT2D eigenvalue weighted by atomic mass is 9.72. The summed E-state index contributed by atoms with van der Waals surface area (Å²) in [7, 11) is 0. The molecule has 3 N–H and O–H groups in total. The molecule has 1 fully saturated rings. The number of nitrogens with two attached hydrogens (primary N) is 1. The lowest BCUT2D eigenvalue weighted by Gasteiger charge is -2.37. The Labute approximate surface area is 156 Å². The predicted molar refractivity (Wildman–Crippen MR) is 109 cm³/mol. The average Bonchev–Trinajstić information content (AvgIpc) is 2.64. The standard InChI is InChI=1S/C22H29N3O/c1-16-8-9-19(14-18(16)3)25-21(23)24-15-22(10-12-26-13-11-22)20-7-5-4-6-17(20)2/h4-9,14H,10-13,15H2,1-3H3,(H3,23,24,25). The first-order valence-corrected chi connectivity index (χ1v) is 9.28. The van der Waals surface area contributed by atoms with Crippen LogP contribution >= 0.6 is 0 Å². The summed E-state index contributed by atoms with van der Waals surface area (Å²) in [6.07, 6.45) is 1.94. The van der Waals surface area contributed by atoms with Gasteiger partial charge in [0, 0.05) is 24.3 Å². The first-order chi connectivity index (χ1) is 12.5. The molecule has 0 spiro atoms. The fraction of sp³-hybridized carbons (Fsp3) is 0.409. The van der Waals surface area contributed by atoms with Gasteiger partial charge in [0.15, 0.2) is 5.96 Å². The third-order valence-corrected chi connectivity index (χ3v) is 5.50. The van der Waals surface area contributed by atoms with Gasteiger partial charge in [-0.15, -0.1) is 0 Å². The van der Waals surface area contributed by atoms with E-state index in [0.717, 1.165) is 31.7 Å². The first kappa shape index (κ1) is 18.5. The first-order valence-electron chi connectivity index (χ1n) is 9.28. The molecule has 1 saturated heterocycles. The van der Waals surface area contributed by atoms with Crippen molar-refractivity contribution in [3.05, 3.63) is 64.7 Å². The monoisotopic (exact) mass is 351 g/mol. The normalized spacial score (nSPS) is 17.1. The van der Waals surface area contributed by atoms with Crippen molar-refractivity contribution in [2.45, 2.75) is 39.0 Å². The molecule has 3 rings (SSSR count). The molecule has 4 heteroatoms. The Morgan fingerprint density at radius 3 is 2.46 bits per heavy atom. The second kappa shape index (κ2) is 7.92. The van der Waals surface area contributed by atoms with E-state index in [-0.39, 0.29) is 5.41 Å². The molecule has 138 valence electrons. The topological polar surface area (TPSA) is 59.6 Å². The van der Waals surface area contributed by atoms with Gasteiger partial charge in [-0.2, -0.15) is 0 Å². The molecule has 0 atom stereocenters. The van der Waals surface area contributed by atoms with Crippen LogP contribution in [0.1, 0.15) is 35.1 Å². The zero-order valence-corrected chi connectivity index (χ0v) is 16.0. The second-order valence-electron chi connectivity index (χ2n) is 7.33. The number of aliphatic imine (C=N–C) groups is 1. The average molecular weight is 351 g/mol. The lowest BCUT2D eigenvalue weighted by molar-refractivity contribution is 0.0529.